The van der Waals surface area contributed by atoms with E-state index in [1.165, 1.54) is 6.20 Å². The lowest BCUT2D eigenvalue weighted by molar-refractivity contribution is -0.117. The summed E-state index contributed by atoms with van der Waals surface area (Å²) in [5.41, 5.74) is 2.65. The molecule has 1 heterocycles. The summed E-state index contributed by atoms with van der Waals surface area (Å²) < 4.78 is 0. The maximum absolute atomic E-state index is 12.3. The fourth-order valence-corrected chi connectivity index (χ4v) is 3.31. The molecule has 9 heteroatoms. The largest absolute Gasteiger partial charge is 0.350 e. The van der Waals surface area contributed by atoms with Gasteiger partial charge in [0.25, 0.3) is 5.91 Å². The fourth-order valence-electron chi connectivity index (χ4n) is 3.17. The first-order chi connectivity index (χ1) is 16.4. The van der Waals surface area contributed by atoms with E-state index >= 15 is 0 Å². The lowest BCUT2D eigenvalue weighted by Crippen LogP contribution is -2.31. The van der Waals surface area contributed by atoms with Crippen molar-refractivity contribution in [2.75, 3.05) is 16.0 Å². The van der Waals surface area contributed by atoms with Gasteiger partial charge in [-0.05, 0) is 62.6 Å². The van der Waals surface area contributed by atoms with E-state index in [4.69, 9.17) is 11.6 Å². The van der Waals surface area contributed by atoms with E-state index in [1.54, 1.807) is 24.3 Å². The molecule has 0 radical (unpaired) electrons. The zero-order valence-corrected chi connectivity index (χ0v) is 19.8. The summed E-state index contributed by atoms with van der Waals surface area (Å²) in [4.78, 5) is 33.2. The van der Waals surface area contributed by atoms with E-state index < -0.39 is 0 Å². The molecule has 1 aliphatic carbocycles. The number of halogens is 1. The van der Waals surface area contributed by atoms with Gasteiger partial charge in [0.15, 0.2) is 5.82 Å². The third-order valence-electron chi connectivity index (χ3n) is 5.52. The number of amides is 2. The molecule has 0 aliphatic heterocycles. The molecule has 3 aromatic rings. The van der Waals surface area contributed by atoms with Crippen molar-refractivity contribution in [3.05, 3.63) is 65.3 Å². The number of hydrogen-bond acceptors (Lipinski definition) is 6. The highest BCUT2D eigenvalue weighted by atomic mass is 35.5. The average molecular weight is 479 g/mol. The molecule has 4 rings (SSSR count). The Morgan fingerprint density at radius 2 is 1.76 bits per heavy atom. The third kappa shape index (κ3) is 6.02. The normalized spacial score (nSPS) is 13.6. The zero-order valence-electron chi connectivity index (χ0n) is 19.1. The van der Waals surface area contributed by atoms with Crippen LogP contribution in [0.25, 0.3) is 0 Å². The van der Waals surface area contributed by atoms with Crippen LogP contribution in [0.2, 0.25) is 5.02 Å². The van der Waals surface area contributed by atoms with Gasteiger partial charge in [-0.25, -0.2) is 4.98 Å². The van der Waals surface area contributed by atoms with Crippen molar-refractivity contribution in [1.29, 1.82) is 0 Å². The van der Waals surface area contributed by atoms with Crippen LogP contribution in [0.3, 0.4) is 0 Å². The van der Waals surface area contributed by atoms with E-state index in [1.807, 2.05) is 38.1 Å². The quantitative estimate of drug-likeness (QED) is 0.323. The van der Waals surface area contributed by atoms with Gasteiger partial charge in [0.05, 0.1) is 17.6 Å². The van der Waals surface area contributed by atoms with Crippen molar-refractivity contribution >= 4 is 52.2 Å². The highest BCUT2D eigenvalue weighted by molar-refractivity contribution is 6.33. The first-order valence-electron chi connectivity index (χ1n) is 11.3. The topological polar surface area (TPSA) is 108 Å². The lowest BCUT2D eigenvalue weighted by atomic mass is 10.1. The molecule has 1 aromatic heterocycles. The summed E-state index contributed by atoms with van der Waals surface area (Å²) in [5.74, 6) is 0.744. The molecule has 0 saturated heterocycles. The van der Waals surface area contributed by atoms with Gasteiger partial charge in [0.2, 0.25) is 11.9 Å². The van der Waals surface area contributed by atoms with E-state index in [0.29, 0.717) is 33.7 Å². The molecular weight excluding hydrogens is 452 g/mol. The van der Waals surface area contributed by atoms with Gasteiger partial charge in [-0.1, -0.05) is 30.7 Å². The van der Waals surface area contributed by atoms with Crippen molar-refractivity contribution < 1.29 is 9.59 Å². The number of nitrogens with zero attached hydrogens (tertiary/aromatic N) is 2. The molecule has 2 aromatic carbocycles. The lowest BCUT2D eigenvalue weighted by Gasteiger charge is -2.14. The van der Waals surface area contributed by atoms with Gasteiger partial charge in [-0.3, -0.25) is 9.59 Å². The molecule has 1 unspecified atom stereocenters. The van der Waals surface area contributed by atoms with E-state index in [2.05, 4.69) is 31.2 Å². The number of rotatable bonds is 9. The van der Waals surface area contributed by atoms with Crippen molar-refractivity contribution in [2.24, 2.45) is 5.92 Å². The van der Waals surface area contributed by atoms with Crippen LogP contribution in [-0.4, -0.2) is 27.8 Å². The van der Waals surface area contributed by atoms with Gasteiger partial charge < -0.3 is 21.3 Å². The minimum absolute atomic E-state index is 0.0201. The van der Waals surface area contributed by atoms with Crippen LogP contribution >= 0.6 is 11.6 Å². The Morgan fingerprint density at radius 1 is 1.06 bits per heavy atom. The van der Waals surface area contributed by atoms with Gasteiger partial charge in [0.1, 0.15) is 5.02 Å². The Kier molecular flexibility index (Phi) is 7.27. The van der Waals surface area contributed by atoms with Crippen molar-refractivity contribution in [1.82, 2.24) is 15.3 Å². The van der Waals surface area contributed by atoms with Crippen molar-refractivity contribution in [3.8, 4) is 0 Å². The second-order valence-electron chi connectivity index (χ2n) is 8.31. The number of carbonyl (C=O) groups excluding carboxylic acids is 2. The van der Waals surface area contributed by atoms with E-state index in [9.17, 15) is 9.59 Å². The molecule has 4 N–H and O–H groups in total. The van der Waals surface area contributed by atoms with Gasteiger partial charge in [-0.15, -0.1) is 0 Å². The Hall–Kier alpha value is -3.65. The number of nitrogens with one attached hydrogen (secondary N) is 4. The highest BCUT2D eigenvalue weighted by Gasteiger charge is 2.30. The van der Waals surface area contributed by atoms with Crippen LogP contribution in [0.15, 0.2) is 54.7 Å². The van der Waals surface area contributed by atoms with Crippen LogP contribution in [0.4, 0.5) is 28.8 Å². The molecule has 0 bridgehead atoms. The standard InChI is InChI=1S/C25H27ClN6O2/c1-3-15(2)28-23(33)17-10-12-18(13-11-17)29-25-27-14-19(26)22(32-25)30-20-6-4-5-7-21(20)31-24(34)16-8-9-16/h4-7,10-16H,3,8-9H2,1-2H3,(H,28,33)(H,31,34)(H2,27,29,30,32). The maximum atomic E-state index is 12.3. The Morgan fingerprint density at radius 3 is 2.44 bits per heavy atom. The first-order valence-corrected chi connectivity index (χ1v) is 11.7. The second-order valence-corrected chi connectivity index (χ2v) is 8.72. The number of benzene rings is 2. The van der Waals surface area contributed by atoms with Gasteiger partial charge >= 0.3 is 0 Å². The number of hydrogen-bond donors (Lipinski definition) is 4. The molecule has 0 spiro atoms. The zero-order chi connectivity index (χ0) is 24.1. The Labute approximate surface area is 203 Å². The van der Waals surface area contributed by atoms with Crippen LogP contribution in [0, 0.1) is 5.92 Å². The van der Waals surface area contributed by atoms with Crippen molar-refractivity contribution in [3.63, 3.8) is 0 Å². The summed E-state index contributed by atoms with van der Waals surface area (Å²) in [6, 6.07) is 14.6. The van der Waals surface area contributed by atoms with Crippen LogP contribution < -0.4 is 21.3 Å². The summed E-state index contributed by atoms with van der Waals surface area (Å²) in [5, 5.41) is 12.6. The van der Waals surface area contributed by atoms with Crippen LogP contribution in [0.5, 0.6) is 0 Å². The molecular formula is C25H27ClN6O2. The molecule has 1 saturated carbocycles. The minimum Gasteiger partial charge on any atom is -0.350 e. The number of carbonyl (C=O) groups is 2. The first kappa shape index (κ1) is 23.5. The molecule has 8 nitrogen and oxygen atoms in total. The SMILES string of the molecule is CCC(C)NC(=O)c1ccc(Nc2ncc(Cl)c(Nc3ccccc3NC(=O)C3CC3)n2)cc1. The monoisotopic (exact) mass is 478 g/mol. The number of para-hydroxylation sites is 2. The number of anilines is 5. The predicted molar refractivity (Wildman–Crippen MR) is 135 cm³/mol. The number of aromatic nitrogens is 2. The van der Waals surface area contributed by atoms with Crippen LogP contribution in [0.1, 0.15) is 43.5 Å². The molecule has 1 atom stereocenters. The van der Waals surface area contributed by atoms with Crippen LogP contribution in [-0.2, 0) is 4.79 Å². The Bertz CT molecular complexity index is 1180. The smallest absolute Gasteiger partial charge is 0.251 e. The fraction of sp³-hybridized carbons (Fsp3) is 0.280. The summed E-state index contributed by atoms with van der Waals surface area (Å²) >= 11 is 6.33. The van der Waals surface area contributed by atoms with E-state index in [-0.39, 0.29) is 23.8 Å². The van der Waals surface area contributed by atoms with Gasteiger partial charge in [-0.2, -0.15) is 4.98 Å². The predicted octanol–water partition coefficient (Wildman–Crippen LogP) is 5.49. The minimum atomic E-state index is -0.109. The summed E-state index contributed by atoms with van der Waals surface area (Å²) in [6.07, 6.45) is 4.22. The molecule has 1 fully saturated rings. The molecule has 1 aliphatic rings. The molecule has 176 valence electrons. The van der Waals surface area contributed by atoms with E-state index in [0.717, 1.165) is 24.9 Å². The summed E-state index contributed by atoms with van der Waals surface area (Å²) in [6.45, 7) is 3.99. The molecule has 34 heavy (non-hydrogen) atoms. The Balaban J connectivity index is 1.46. The second kappa shape index (κ2) is 10.5. The highest BCUT2D eigenvalue weighted by Crippen LogP contribution is 2.33. The average Bonchev–Trinajstić information content (AvgIpc) is 3.68. The van der Waals surface area contributed by atoms with Gasteiger partial charge in [0, 0.05) is 23.2 Å². The maximum Gasteiger partial charge on any atom is 0.251 e. The summed E-state index contributed by atoms with van der Waals surface area (Å²) in [7, 11) is 0. The third-order valence-corrected chi connectivity index (χ3v) is 5.80. The molecule has 2 amide bonds. The van der Waals surface area contributed by atoms with Crippen molar-refractivity contribution in [2.45, 2.75) is 39.2 Å².